The molecule has 0 spiro atoms. The van der Waals surface area contributed by atoms with Gasteiger partial charge in [-0.1, -0.05) is 13.0 Å². The van der Waals surface area contributed by atoms with Crippen molar-refractivity contribution in [2.24, 2.45) is 0 Å². The number of rotatable bonds is 6. The van der Waals surface area contributed by atoms with Gasteiger partial charge in [0.25, 0.3) is 16.4 Å². The third-order valence-corrected chi connectivity index (χ3v) is 3.76. The molecule has 0 radical (unpaired) electrons. The fraction of sp³-hybridized carbons (Fsp3) is 0.176. The second kappa shape index (κ2) is 6.49. The van der Waals surface area contributed by atoms with Crippen molar-refractivity contribution >= 4 is 17.1 Å². The molecule has 24 heavy (non-hydrogen) atoms. The SMILES string of the molecule is CCC(Nc1c(Nc2ccc[nH]c2=O)c(=O)c1=O)c1ccccn1. The minimum atomic E-state index is -0.642. The summed E-state index contributed by atoms with van der Waals surface area (Å²) in [4.78, 5) is 42.3. The molecule has 3 rings (SSSR count). The molecule has 0 aliphatic rings. The van der Waals surface area contributed by atoms with E-state index in [1.807, 2.05) is 25.1 Å². The van der Waals surface area contributed by atoms with Crippen LogP contribution in [0.3, 0.4) is 0 Å². The monoisotopic (exact) mass is 324 g/mol. The van der Waals surface area contributed by atoms with Gasteiger partial charge in [-0.2, -0.15) is 0 Å². The highest BCUT2D eigenvalue weighted by atomic mass is 16.2. The maximum Gasteiger partial charge on any atom is 0.271 e. The highest BCUT2D eigenvalue weighted by Crippen LogP contribution is 2.25. The fourth-order valence-electron chi connectivity index (χ4n) is 2.44. The Morgan fingerprint density at radius 2 is 1.88 bits per heavy atom. The van der Waals surface area contributed by atoms with Crippen LogP contribution in [0.4, 0.5) is 17.1 Å². The van der Waals surface area contributed by atoms with Crippen LogP contribution in [0.5, 0.6) is 0 Å². The van der Waals surface area contributed by atoms with E-state index in [-0.39, 0.29) is 28.7 Å². The van der Waals surface area contributed by atoms with Gasteiger partial charge in [-0.3, -0.25) is 19.4 Å². The Morgan fingerprint density at radius 1 is 1.08 bits per heavy atom. The second-order valence-corrected chi connectivity index (χ2v) is 5.31. The van der Waals surface area contributed by atoms with Gasteiger partial charge in [0.05, 0.1) is 11.7 Å². The number of hydrogen-bond acceptors (Lipinski definition) is 6. The predicted octanol–water partition coefficient (Wildman–Crippen LogP) is 1.67. The number of anilines is 3. The molecule has 0 aliphatic carbocycles. The summed E-state index contributed by atoms with van der Waals surface area (Å²) >= 11 is 0. The number of H-pyrrole nitrogens is 1. The van der Waals surface area contributed by atoms with Crippen molar-refractivity contribution < 1.29 is 0 Å². The molecule has 1 unspecified atom stereocenters. The smallest absolute Gasteiger partial charge is 0.271 e. The number of nitrogens with one attached hydrogen (secondary N) is 3. The predicted molar refractivity (Wildman–Crippen MR) is 92.6 cm³/mol. The van der Waals surface area contributed by atoms with Crippen molar-refractivity contribution in [2.45, 2.75) is 19.4 Å². The third-order valence-electron chi connectivity index (χ3n) is 3.76. The molecular formula is C17H16N4O3. The average Bonchev–Trinajstić information content (AvgIpc) is 2.63. The standard InChI is InChI=1S/C17H16N4O3/c1-2-10(11-6-3-4-8-18-11)20-13-14(16(23)15(13)22)21-12-7-5-9-19-17(12)24/h3-10,20-21H,2H2,1H3,(H,19,24). The lowest BCUT2D eigenvalue weighted by atomic mass is 10.1. The first-order valence-electron chi connectivity index (χ1n) is 7.57. The van der Waals surface area contributed by atoms with E-state index >= 15 is 0 Å². The number of aromatic nitrogens is 2. The Kier molecular flexibility index (Phi) is 4.24. The Hall–Kier alpha value is -3.22. The van der Waals surface area contributed by atoms with Gasteiger partial charge in [0.2, 0.25) is 0 Å². The lowest BCUT2D eigenvalue weighted by Crippen LogP contribution is -2.38. The van der Waals surface area contributed by atoms with Crippen LogP contribution in [0.15, 0.2) is 57.1 Å². The summed E-state index contributed by atoms with van der Waals surface area (Å²) in [5, 5.41) is 5.80. The molecule has 0 saturated carbocycles. The molecule has 122 valence electrons. The van der Waals surface area contributed by atoms with Crippen LogP contribution in [0, 0.1) is 0 Å². The van der Waals surface area contributed by atoms with E-state index in [2.05, 4.69) is 20.6 Å². The van der Waals surface area contributed by atoms with Crippen molar-refractivity contribution in [3.63, 3.8) is 0 Å². The molecule has 2 heterocycles. The van der Waals surface area contributed by atoms with E-state index in [1.54, 1.807) is 12.3 Å². The fourth-order valence-corrected chi connectivity index (χ4v) is 2.44. The molecule has 0 saturated heterocycles. The van der Waals surface area contributed by atoms with Crippen LogP contribution in [0.25, 0.3) is 0 Å². The van der Waals surface area contributed by atoms with Crippen molar-refractivity contribution in [3.8, 4) is 0 Å². The summed E-state index contributed by atoms with van der Waals surface area (Å²) in [5.41, 5.74) is -0.342. The summed E-state index contributed by atoms with van der Waals surface area (Å²) in [6.45, 7) is 1.95. The van der Waals surface area contributed by atoms with Gasteiger partial charge in [0, 0.05) is 12.4 Å². The zero-order chi connectivity index (χ0) is 17.1. The topological polar surface area (TPSA) is 104 Å². The summed E-state index contributed by atoms with van der Waals surface area (Å²) in [7, 11) is 0. The maximum absolute atomic E-state index is 11.9. The van der Waals surface area contributed by atoms with E-state index in [0.29, 0.717) is 6.42 Å². The molecule has 0 bridgehead atoms. The van der Waals surface area contributed by atoms with E-state index in [0.717, 1.165) is 5.69 Å². The summed E-state index contributed by atoms with van der Waals surface area (Å²) in [6, 6.07) is 8.48. The summed E-state index contributed by atoms with van der Waals surface area (Å²) < 4.78 is 0. The number of pyridine rings is 2. The van der Waals surface area contributed by atoms with Gasteiger partial charge in [0.15, 0.2) is 0 Å². The summed E-state index contributed by atoms with van der Waals surface area (Å²) in [6.07, 6.45) is 3.84. The van der Waals surface area contributed by atoms with E-state index in [4.69, 9.17) is 0 Å². The third kappa shape index (κ3) is 2.83. The van der Waals surface area contributed by atoms with Crippen molar-refractivity contribution in [2.75, 3.05) is 10.6 Å². The number of nitrogens with zero attached hydrogens (tertiary/aromatic N) is 1. The van der Waals surface area contributed by atoms with Gasteiger partial charge in [-0.05, 0) is 30.7 Å². The largest absolute Gasteiger partial charge is 0.372 e. The van der Waals surface area contributed by atoms with Crippen LogP contribution in [-0.4, -0.2) is 9.97 Å². The van der Waals surface area contributed by atoms with Gasteiger partial charge >= 0.3 is 0 Å². The van der Waals surface area contributed by atoms with E-state index < -0.39 is 10.9 Å². The Balaban J connectivity index is 1.89. The Morgan fingerprint density at radius 3 is 2.54 bits per heavy atom. The van der Waals surface area contributed by atoms with Gasteiger partial charge in [0.1, 0.15) is 17.1 Å². The molecular weight excluding hydrogens is 308 g/mol. The minimum Gasteiger partial charge on any atom is -0.372 e. The zero-order valence-electron chi connectivity index (χ0n) is 13.0. The second-order valence-electron chi connectivity index (χ2n) is 5.31. The molecule has 7 heteroatoms. The molecule has 2 aromatic heterocycles. The Labute approximate surface area is 137 Å². The molecule has 7 nitrogen and oxygen atoms in total. The van der Waals surface area contributed by atoms with Crippen molar-refractivity contribution in [1.82, 2.24) is 9.97 Å². The van der Waals surface area contributed by atoms with Crippen molar-refractivity contribution in [3.05, 3.63) is 79.2 Å². The van der Waals surface area contributed by atoms with Crippen LogP contribution < -0.4 is 27.1 Å². The normalized spacial score (nSPS) is 12.0. The molecule has 0 amide bonds. The highest BCUT2D eigenvalue weighted by molar-refractivity contribution is 5.78. The van der Waals surface area contributed by atoms with E-state index in [1.165, 1.54) is 12.3 Å². The molecule has 1 atom stereocenters. The zero-order valence-corrected chi connectivity index (χ0v) is 13.0. The van der Waals surface area contributed by atoms with Crippen molar-refractivity contribution in [1.29, 1.82) is 0 Å². The lowest BCUT2D eigenvalue weighted by Gasteiger charge is -2.21. The molecule has 1 aromatic carbocycles. The summed E-state index contributed by atoms with van der Waals surface area (Å²) in [5.74, 6) is 0. The average molecular weight is 324 g/mol. The molecule has 3 aromatic rings. The van der Waals surface area contributed by atoms with Crippen LogP contribution in [-0.2, 0) is 0 Å². The lowest BCUT2D eigenvalue weighted by molar-refractivity contribution is 0.721. The van der Waals surface area contributed by atoms with Gasteiger partial charge < -0.3 is 15.6 Å². The first-order chi connectivity index (χ1) is 11.6. The first kappa shape index (κ1) is 15.7. The molecule has 0 fully saturated rings. The van der Waals surface area contributed by atoms with Crippen LogP contribution >= 0.6 is 0 Å². The highest BCUT2D eigenvalue weighted by Gasteiger charge is 2.24. The number of aromatic amines is 1. The van der Waals surface area contributed by atoms with Crippen LogP contribution in [0.1, 0.15) is 25.1 Å². The van der Waals surface area contributed by atoms with Gasteiger partial charge in [-0.15, -0.1) is 0 Å². The Bertz CT molecular complexity index is 971. The van der Waals surface area contributed by atoms with Gasteiger partial charge in [-0.25, -0.2) is 0 Å². The molecule has 0 aliphatic heterocycles. The first-order valence-corrected chi connectivity index (χ1v) is 7.57. The quantitative estimate of drug-likeness (QED) is 0.596. The van der Waals surface area contributed by atoms with Crippen LogP contribution in [0.2, 0.25) is 0 Å². The minimum absolute atomic E-state index is 0.103. The molecule has 3 N–H and O–H groups in total. The van der Waals surface area contributed by atoms with E-state index in [9.17, 15) is 14.4 Å². The number of hydrogen-bond donors (Lipinski definition) is 3. The maximum atomic E-state index is 11.9.